The van der Waals surface area contributed by atoms with Gasteiger partial charge in [0.25, 0.3) is 0 Å². The first kappa shape index (κ1) is 28.5. The zero-order chi connectivity index (χ0) is 28.7. The fraction of sp³-hybridized carbons (Fsp3) is 0.862. The Balaban J connectivity index is 1.33. The molecular weight excluding hydrogens is 524 g/mol. The highest BCUT2D eigenvalue weighted by Crippen LogP contribution is 2.72. The number of ether oxygens (including phenoxy) is 6. The summed E-state index contributed by atoms with van der Waals surface area (Å²) < 4.78 is 36.3. The van der Waals surface area contributed by atoms with E-state index in [1.807, 2.05) is 19.9 Å². The molecule has 40 heavy (non-hydrogen) atoms. The van der Waals surface area contributed by atoms with E-state index in [1.165, 1.54) is 0 Å². The summed E-state index contributed by atoms with van der Waals surface area (Å²) in [7, 11) is 0. The van der Waals surface area contributed by atoms with Crippen LogP contribution >= 0.6 is 0 Å². The first-order valence-corrected chi connectivity index (χ1v) is 14.6. The van der Waals surface area contributed by atoms with E-state index in [4.69, 9.17) is 28.4 Å². The summed E-state index contributed by atoms with van der Waals surface area (Å²) >= 11 is 0. The Morgan fingerprint density at radius 2 is 1.85 bits per heavy atom. The highest BCUT2D eigenvalue weighted by Gasteiger charge is 2.83. The Morgan fingerprint density at radius 1 is 1.10 bits per heavy atom. The topological polar surface area (TPSA) is 157 Å². The van der Waals surface area contributed by atoms with E-state index in [-0.39, 0.29) is 38.1 Å². The van der Waals surface area contributed by atoms with Crippen molar-refractivity contribution in [3.8, 4) is 0 Å². The molecule has 0 amide bonds. The van der Waals surface area contributed by atoms with Gasteiger partial charge in [0.2, 0.25) is 0 Å². The van der Waals surface area contributed by atoms with Crippen LogP contribution in [0.3, 0.4) is 0 Å². The molecule has 0 aromatic carbocycles. The minimum absolute atomic E-state index is 0.105. The van der Waals surface area contributed by atoms with Gasteiger partial charge in [-0.3, -0.25) is 4.79 Å². The van der Waals surface area contributed by atoms with Gasteiger partial charge in [0.1, 0.15) is 30.0 Å². The van der Waals surface area contributed by atoms with Crippen LogP contribution in [0.1, 0.15) is 66.2 Å². The van der Waals surface area contributed by atoms with Crippen LogP contribution in [0.15, 0.2) is 11.6 Å². The second-order valence-corrected chi connectivity index (χ2v) is 13.1. The van der Waals surface area contributed by atoms with Gasteiger partial charge in [-0.15, -0.1) is 0 Å². The molecular formula is C29H42O11. The van der Waals surface area contributed by atoms with Crippen molar-refractivity contribution in [2.75, 3.05) is 19.8 Å². The van der Waals surface area contributed by atoms with Crippen LogP contribution in [0.4, 0.5) is 0 Å². The van der Waals surface area contributed by atoms with Gasteiger partial charge in [-0.25, -0.2) is 4.79 Å². The lowest BCUT2D eigenvalue weighted by Crippen LogP contribution is -2.68. The number of hydrogen-bond acceptors (Lipinski definition) is 11. The van der Waals surface area contributed by atoms with Crippen molar-refractivity contribution in [3.05, 3.63) is 11.6 Å². The van der Waals surface area contributed by atoms with Crippen LogP contribution in [-0.2, 0) is 38.0 Å². The van der Waals surface area contributed by atoms with Gasteiger partial charge in [0.05, 0.1) is 49.1 Å². The Hall–Kier alpha value is -1.60. The quantitative estimate of drug-likeness (QED) is 0.236. The third-order valence-electron chi connectivity index (χ3n) is 10.9. The van der Waals surface area contributed by atoms with Crippen molar-refractivity contribution in [1.82, 2.24) is 0 Å². The SMILES string of the molecule is CC1=CC2OC3CC4OC(=O)CCCCC(C(C)O)OCC(O)C5(C)OC5C(=O)OCC2(CC1O)C4(C)C31CO1. The lowest BCUT2D eigenvalue weighted by molar-refractivity contribution is -0.240. The van der Waals surface area contributed by atoms with E-state index in [2.05, 4.69) is 0 Å². The Bertz CT molecular complexity index is 1070. The Kier molecular flexibility index (Phi) is 6.93. The molecule has 1 saturated carbocycles. The van der Waals surface area contributed by atoms with E-state index < -0.39 is 70.7 Å². The number of fused-ring (bicyclic) bond motifs is 1. The number of carbonyl (C=O) groups excluding carboxylic acids is 2. The number of rotatable bonds is 1. The lowest BCUT2D eigenvalue weighted by Gasteiger charge is -2.58. The predicted molar refractivity (Wildman–Crippen MR) is 137 cm³/mol. The first-order valence-electron chi connectivity index (χ1n) is 14.6. The molecule has 12 unspecified atom stereocenters. The average molecular weight is 567 g/mol. The molecule has 2 bridgehead atoms. The number of esters is 2. The molecule has 6 rings (SSSR count). The number of carbonyl (C=O) groups is 2. The van der Waals surface area contributed by atoms with Crippen LogP contribution in [-0.4, -0.2) is 107 Å². The highest BCUT2D eigenvalue weighted by atomic mass is 16.7. The molecule has 0 radical (unpaired) electrons. The van der Waals surface area contributed by atoms with Gasteiger partial charge in [0.15, 0.2) is 6.10 Å². The number of epoxide rings is 2. The van der Waals surface area contributed by atoms with E-state index in [9.17, 15) is 24.9 Å². The van der Waals surface area contributed by atoms with Gasteiger partial charge in [0, 0.05) is 18.3 Å². The second-order valence-electron chi connectivity index (χ2n) is 13.1. The molecule has 4 heterocycles. The molecule has 224 valence electrons. The minimum atomic E-state index is -1.18. The second kappa shape index (κ2) is 9.72. The normalized spacial score (nSPS) is 51.8. The molecule has 11 nitrogen and oxygen atoms in total. The molecule has 11 heteroatoms. The van der Waals surface area contributed by atoms with Crippen LogP contribution in [0.2, 0.25) is 0 Å². The number of aliphatic hydroxyl groups is 3. The maximum atomic E-state index is 13.3. The van der Waals surface area contributed by atoms with E-state index in [1.54, 1.807) is 13.8 Å². The van der Waals surface area contributed by atoms with E-state index in [0.717, 1.165) is 5.57 Å². The maximum Gasteiger partial charge on any atom is 0.338 e. The van der Waals surface area contributed by atoms with Gasteiger partial charge in [-0.2, -0.15) is 0 Å². The van der Waals surface area contributed by atoms with Crippen molar-refractivity contribution in [1.29, 1.82) is 0 Å². The van der Waals surface area contributed by atoms with Crippen LogP contribution in [0, 0.1) is 10.8 Å². The van der Waals surface area contributed by atoms with Gasteiger partial charge >= 0.3 is 11.9 Å². The first-order chi connectivity index (χ1) is 18.9. The molecule has 2 aliphatic carbocycles. The summed E-state index contributed by atoms with van der Waals surface area (Å²) in [5, 5.41) is 32.1. The summed E-state index contributed by atoms with van der Waals surface area (Å²) in [5.74, 6) is -0.971. The Morgan fingerprint density at radius 3 is 2.55 bits per heavy atom. The van der Waals surface area contributed by atoms with E-state index >= 15 is 0 Å². The van der Waals surface area contributed by atoms with Crippen molar-refractivity contribution >= 4 is 11.9 Å². The molecule has 4 aliphatic heterocycles. The molecule has 12 atom stereocenters. The third-order valence-corrected chi connectivity index (χ3v) is 10.9. The number of hydrogen-bond donors (Lipinski definition) is 3. The lowest BCUT2D eigenvalue weighted by atomic mass is 9.51. The van der Waals surface area contributed by atoms with Crippen LogP contribution in [0.25, 0.3) is 0 Å². The van der Waals surface area contributed by atoms with Crippen molar-refractivity contribution < 1.29 is 53.3 Å². The van der Waals surface area contributed by atoms with Crippen LogP contribution < -0.4 is 0 Å². The average Bonchev–Trinajstić information content (AvgIpc) is 3.81. The summed E-state index contributed by atoms with van der Waals surface area (Å²) in [5.41, 5.74) is -2.84. The van der Waals surface area contributed by atoms with Crippen molar-refractivity contribution in [2.24, 2.45) is 10.8 Å². The predicted octanol–water partition coefficient (Wildman–Crippen LogP) is 0.944. The standard InChI is InChI=1S/C29H42O11/c1-15-9-21-28(11-17(15)31)13-36-25(34)24-26(3,40-24)19(32)12-35-18(16(2)30)7-5-6-8-23(33)39-20-10-22(38-21)29(14-37-29)27(20,28)4/h9,16-22,24,30-32H,5-8,10-14H2,1-4H3. The smallest absolute Gasteiger partial charge is 0.338 e. The highest BCUT2D eigenvalue weighted by molar-refractivity contribution is 5.79. The van der Waals surface area contributed by atoms with E-state index in [0.29, 0.717) is 32.3 Å². The summed E-state index contributed by atoms with van der Waals surface area (Å²) in [6, 6.07) is 0. The molecule has 3 N–H and O–H groups in total. The third kappa shape index (κ3) is 4.11. The number of cyclic esters (lactones) is 1. The Labute approximate surface area is 234 Å². The molecule has 4 saturated heterocycles. The fourth-order valence-corrected chi connectivity index (χ4v) is 7.85. The molecule has 2 spiro atoms. The maximum absolute atomic E-state index is 13.3. The van der Waals surface area contributed by atoms with Crippen molar-refractivity contribution in [2.45, 2.75) is 126 Å². The molecule has 6 aliphatic rings. The van der Waals surface area contributed by atoms with Crippen LogP contribution in [0.5, 0.6) is 0 Å². The minimum Gasteiger partial charge on any atom is -0.463 e. The summed E-state index contributed by atoms with van der Waals surface area (Å²) in [6.07, 6.45) is -1.12. The van der Waals surface area contributed by atoms with Gasteiger partial charge in [-0.1, -0.05) is 19.4 Å². The zero-order valence-corrected chi connectivity index (χ0v) is 23.7. The number of aliphatic hydroxyl groups excluding tert-OH is 3. The van der Waals surface area contributed by atoms with Gasteiger partial charge < -0.3 is 43.7 Å². The molecule has 0 aromatic heterocycles. The molecule has 5 fully saturated rings. The largest absolute Gasteiger partial charge is 0.463 e. The fourth-order valence-electron chi connectivity index (χ4n) is 7.85. The summed E-state index contributed by atoms with van der Waals surface area (Å²) in [4.78, 5) is 26.4. The summed E-state index contributed by atoms with van der Waals surface area (Å²) in [6.45, 7) is 7.32. The van der Waals surface area contributed by atoms with Crippen molar-refractivity contribution in [3.63, 3.8) is 0 Å². The monoisotopic (exact) mass is 566 g/mol. The van der Waals surface area contributed by atoms with Gasteiger partial charge in [-0.05, 0) is 45.6 Å². The molecule has 0 aromatic rings. The zero-order valence-electron chi connectivity index (χ0n) is 23.7.